The van der Waals surface area contributed by atoms with Gasteiger partial charge < -0.3 is 5.32 Å². The lowest BCUT2D eigenvalue weighted by Gasteiger charge is -2.11. The van der Waals surface area contributed by atoms with Gasteiger partial charge in [0.15, 0.2) is 5.12 Å². The third-order valence-corrected chi connectivity index (χ3v) is 3.86. The number of hydrogen-bond acceptors (Lipinski definition) is 5. The fourth-order valence-corrected chi connectivity index (χ4v) is 1.64. The molecule has 0 aromatic rings. The smallest absolute Gasteiger partial charge is 0.235 e. The first-order valence-electron chi connectivity index (χ1n) is 3.81. The van der Waals surface area contributed by atoms with Crippen molar-refractivity contribution in [3.63, 3.8) is 0 Å². The molecule has 14 heavy (non-hydrogen) atoms. The predicted molar refractivity (Wildman–Crippen MR) is 73.8 cm³/mol. The van der Waals surface area contributed by atoms with Crippen molar-refractivity contribution >= 4 is 54.4 Å². The van der Waals surface area contributed by atoms with E-state index >= 15 is 0 Å². The highest BCUT2D eigenvalue weighted by Gasteiger charge is 2.07. The van der Waals surface area contributed by atoms with E-state index in [1.165, 1.54) is 0 Å². The third kappa shape index (κ3) is 7.86. The van der Waals surface area contributed by atoms with Crippen LogP contribution >= 0.6 is 43.4 Å². The van der Waals surface area contributed by atoms with Crippen molar-refractivity contribution < 1.29 is 9.59 Å². The summed E-state index contributed by atoms with van der Waals surface area (Å²) in [6.45, 7) is 0.271. The van der Waals surface area contributed by atoms with Crippen LogP contribution in [0.3, 0.4) is 0 Å². The van der Waals surface area contributed by atoms with Crippen LogP contribution in [0.15, 0.2) is 0 Å². The SMILES string of the molecule is C[SH](S)NCC(=O)NCC(=O)[SH](C)S. The number of thiol groups is 4. The molecule has 2 unspecified atom stereocenters. The van der Waals surface area contributed by atoms with Gasteiger partial charge in [-0.2, -0.15) is 10.1 Å². The summed E-state index contributed by atoms with van der Waals surface area (Å²) in [6, 6.07) is 0. The lowest BCUT2D eigenvalue weighted by Crippen LogP contribution is -2.35. The molecule has 0 aliphatic rings. The molecule has 0 spiro atoms. The largest absolute Gasteiger partial charge is 0.347 e. The third-order valence-electron chi connectivity index (χ3n) is 1.27. The van der Waals surface area contributed by atoms with Crippen molar-refractivity contribution in [2.45, 2.75) is 0 Å². The predicted octanol–water partition coefficient (Wildman–Crippen LogP) is 0.0854. The molecule has 0 saturated heterocycles. The summed E-state index contributed by atoms with van der Waals surface area (Å²) >= 11 is 8.13. The molecule has 0 bridgehead atoms. The molecule has 0 aromatic heterocycles. The van der Waals surface area contributed by atoms with Crippen molar-refractivity contribution in [3.8, 4) is 0 Å². The maximum absolute atomic E-state index is 11.1. The molecule has 0 aliphatic carbocycles. The van der Waals surface area contributed by atoms with Crippen molar-refractivity contribution in [2.75, 3.05) is 25.6 Å². The Morgan fingerprint density at radius 1 is 1.21 bits per heavy atom. The van der Waals surface area contributed by atoms with Crippen molar-refractivity contribution in [1.29, 1.82) is 0 Å². The maximum atomic E-state index is 11.1. The van der Waals surface area contributed by atoms with E-state index in [4.69, 9.17) is 0 Å². The minimum atomic E-state index is -0.905. The number of amides is 1. The molecule has 8 heteroatoms. The Kier molecular flexibility index (Phi) is 8.02. The number of nitrogens with one attached hydrogen (secondary N) is 2. The average molecular weight is 276 g/mol. The van der Waals surface area contributed by atoms with Gasteiger partial charge in [0.25, 0.3) is 0 Å². The lowest BCUT2D eigenvalue weighted by molar-refractivity contribution is -0.121. The number of rotatable bonds is 5. The molecule has 0 radical (unpaired) electrons. The Labute approximate surface area is 99.4 Å². The van der Waals surface area contributed by atoms with E-state index in [1.807, 2.05) is 6.26 Å². The molecule has 86 valence electrons. The molecule has 0 saturated carbocycles. The van der Waals surface area contributed by atoms with Gasteiger partial charge in [-0.15, -0.1) is 33.2 Å². The van der Waals surface area contributed by atoms with Crippen molar-refractivity contribution in [1.82, 2.24) is 10.0 Å². The van der Waals surface area contributed by atoms with Crippen LogP contribution in [0.2, 0.25) is 0 Å². The maximum Gasteiger partial charge on any atom is 0.235 e. The Morgan fingerprint density at radius 3 is 2.21 bits per heavy atom. The molecule has 0 rings (SSSR count). The van der Waals surface area contributed by atoms with Gasteiger partial charge in [0.1, 0.15) is 0 Å². The van der Waals surface area contributed by atoms with Crippen LogP contribution in [-0.2, 0) is 9.59 Å². The van der Waals surface area contributed by atoms with Gasteiger partial charge in [-0.3, -0.25) is 14.3 Å². The normalized spacial score (nSPS) is 17.1. The second-order valence-electron chi connectivity index (χ2n) is 2.55. The first-order valence-corrected chi connectivity index (χ1v) is 9.70. The fourth-order valence-electron chi connectivity index (χ4n) is 0.537. The van der Waals surface area contributed by atoms with Crippen LogP contribution in [0.1, 0.15) is 0 Å². The summed E-state index contributed by atoms with van der Waals surface area (Å²) < 4.78 is 2.89. The molecule has 1 amide bonds. The monoisotopic (exact) mass is 276 g/mol. The molecule has 0 aliphatic heterocycles. The summed E-state index contributed by atoms with van der Waals surface area (Å²) in [4.78, 5) is 22.2. The van der Waals surface area contributed by atoms with E-state index in [0.29, 0.717) is 0 Å². The first kappa shape index (κ1) is 14.5. The minimum Gasteiger partial charge on any atom is -0.347 e. The molecule has 2 N–H and O–H groups in total. The summed E-state index contributed by atoms with van der Waals surface area (Å²) in [6.07, 6.45) is 3.63. The van der Waals surface area contributed by atoms with E-state index in [1.54, 1.807) is 6.26 Å². The van der Waals surface area contributed by atoms with Gasteiger partial charge in [0.05, 0.1) is 13.1 Å². The molecule has 0 aromatic carbocycles. The highest BCUT2D eigenvalue weighted by atomic mass is 33.1. The minimum absolute atomic E-state index is 0.0266. The molecule has 4 nitrogen and oxygen atoms in total. The summed E-state index contributed by atoms with van der Waals surface area (Å²) in [7, 11) is -1.49. The summed E-state index contributed by atoms with van der Waals surface area (Å²) in [5, 5.41) is 2.49. The van der Waals surface area contributed by atoms with E-state index in [2.05, 4.69) is 33.4 Å². The first-order chi connectivity index (χ1) is 6.43. The average Bonchev–Trinajstić information content (AvgIpc) is 2.10. The Hall–Kier alpha value is 0.500. The topological polar surface area (TPSA) is 58.2 Å². The van der Waals surface area contributed by atoms with Crippen LogP contribution in [0.4, 0.5) is 0 Å². The van der Waals surface area contributed by atoms with Crippen LogP contribution in [0, 0.1) is 0 Å². The van der Waals surface area contributed by atoms with Gasteiger partial charge in [0, 0.05) is 0 Å². The van der Waals surface area contributed by atoms with Gasteiger partial charge in [-0.05, 0) is 12.5 Å². The second kappa shape index (κ2) is 7.75. The lowest BCUT2D eigenvalue weighted by atomic mass is 10.6. The van der Waals surface area contributed by atoms with E-state index in [-0.39, 0.29) is 24.1 Å². The van der Waals surface area contributed by atoms with Crippen LogP contribution in [0.25, 0.3) is 0 Å². The molecular weight excluding hydrogens is 260 g/mol. The quantitative estimate of drug-likeness (QED) is 0.319. The van der Waals surface area contributed by atoms with Gasteiger partial charge >= 0.3 is 0 Å². The highest BCUT2D eigenvalue weighted by Crippen LogP contribution is 2.24. The van der Waals surface area contributed by atoms with Crippen LogP contribution < -0.4 is 10.0 Å². The number of hydrogen-bond donors (Lipinski definition) is 6. The van der Waals surface area contributed by atoms with E-state index < -0.39 is 20.0 Å². The van der Waals surface area contributed by atoms with E-state index in [0.717, 1.165) is 0 Å². The zero-order chi connectivity index (χ0) is 11.1. The molecule has 0 fully saturated rings. The molecular formula is C6H16N2O2S4. The zero-order valence-electron chi connectivity index (χ0n) is 8.02. The van der Waals surface area contributed by atoms with Crippen molar-refractivity contribution in [2.24, 2.45) is 0 Å². The fraction of sp³-hybridized carbons (Fsp3) is 0.667. The van der Waals surface area contributed by atoms with Gasteiger partial charge in [-0.25, -0.2) is 0 Å². The van der Waals surface area contributed by atoms with E-state index in [9.17, 15) is 9.59 Å². The Balaban J connectivity index is 3.59. The van der Waals surface area contributed by atoms with Gasteiger partial charge in [-0.1, -0.05) is 0 Å². The molecule has 2 atom stereocenters. The highest BCUT2D eigenvalue weighted by molar-refractivity contribution is 8.84. The second-order valence-corrected chi connectivity index (χ2v) is 9.06. The number of carbonyl (C=O) groups is 2. The Bertz CT molecular complexity index is 210. The Morgan fingerprint density at radius 2 is 1.79 bits per heavy atom. The molecule has 0 heterocycles. The summed E-state index contributed by atoms with van der Waals surface area (Å²) in [5.74, 6) is -0.188. The van der Waals surface area contributed by atoms with Crippen molar-refractivity contribution in [3.05, 3.63) is 0 Å². The summed E-state index contributed by atoms with van der Waals surface area (Å²) in [5.41, 5.74) is 0. The van der Waals surface area contributed by atoms with Gasteiger partial charge in [0.2, 0.25) is 5.91 Å². The zero-order valence-corrected chi connectivity index (χ0v) is 11.6. The van der Waals surface area contributed by atoms with Crippen LogP contribution in [-0.4, -0.2) is 36.6 Å². The number of carbonyl (C=O) groups excluding carboxylic acids is 2. The standard InChI is InChI=1S/C6H16N2O2S4/c1-13(11)6(10)4-7-5(9)3-8-14(2)12/h8,11-14H,3-4H2,1-2H3,(H,7,9). The van der Waals surface area contributed by atoms with Crippen LogP contribution in [0.5, 0.6) is 0 Å².